The van der Waals surface area contributed by atoms with Crippen molar-refractivity contribution < 1.29 is 9.59 Å². The van der Waals surface area contributed by atoms with Gasteiger partial charge in [-0.2, -0.15) is 0 Å². The maximum atomic E-state index is 12.7. The minimum Gasteiger partial charge on any atom is -0.344 e. The number of fused-ring (bicyclic) bond motifs is 1. The summed E-state index contributed by atoms with van der Waals surface area (Å²) in [6, 6.07) is 11.2. The van der Waals surface area contributed by atoms with Crippen LogP contribution < -0.4 is 5.32 Å². The van der Waals surface area contributed by atoms with Gasteiger partial charge in [0.05, 0.1) is 0 Å². The molecule has 1 aromatic carbocycles. The number of carbonyl (C=O) groups is 2. The zero-order valence-electron chi connectivity index (χ0n) is 11.9. The number of hydrogen-bond donors (Lipinski definition) is 1. The molecule has 0 saturated carbocycles. The Morgan fingerprint density at radius 1 is 1.19 bits per heavy atom. The Morgan fingerprint density at radius 3 is 2.81 bits per heavy atom. The van der Waals surface area contributed by atoms with Gasteiger partial charge in [0.25, 0.3) is 5.91 Å². The van der Waals surface area contributed by atoms with Crippen molar-refractivity contribution in [2.45, 2.75) is 20.0 Å². The first-order valence-corrected chi connectivity index (χ1v) is 7.01. The molecule has 21 heavy (non-hydrogen) atoms. The second kappa shape index (κ2) is 5.44. The third kappa shape index (κ3) is 2.54. The second-order valence-corrected chi connectivity index (χ2v) is 5.05. The first-order chi connectivity index (χ1) is 10.2. The van der Waals surface area contributed by atoms with Gasteiger partial charge >= 0.3 is 0 Å². The summed E-state index contributed by atoms with van der Waals surface area (Å²) in [5, 5.41) is 2.84. The van der Waals surface area contributed by atoms with Gasteiger partial charge < -0.3 is 14.8 Å². The van der Waals surface area contributed by atoms with Crippen LogP contribution in [0.2, 0.25) is 0 Å². The molecule has 2 heterocycles. The predicted molar refractivity (Wildman–Crippen MR) is 79.9 cm³/mol. The smallest absolute Gasteiger partial charge is 0.271 e. The number of nitrogens with zero attached hydrogens (tertiary/aromatic N) is 2. The van der Waals surface area contributed by atoms with Gasteiger partial charge in [0, 0.05) is 25.0 Å². The molecule has 5 heteroatoms. The van der Waals surface area contributed by atoms with E-state index in [9.17, 15) is 9.59 Å². The minimum atomic E-state index is -0.164. The molecule has 1 aromatic heterocycles. The highest BCUT2D eigenvalue weighted by molar-refractivity contribution is 6.00. The molecule has 0 unspecified atom stereocenters. The van der Waals surface area contributed by atoms with Crippen LogP contribution in [0.3, 0.4) is 0 Å². The molecule has 0 aliphatic carbocycles. The lowest BCUT2D eigenvalue weighted by Gasteiger charge is -2.20. The van der Waals surface area contributed by atoms with Crippen LogP contribution in [-0.4, -0.2) is 27.8 Å². The van der Waals surface area contributed by atoms with Gasteiger partial charge in [-0.05, 0) is 30.7 Å². The fraction of sp³-hybridized carbons (Fsp3) is 0.250. The fourth-order valence-corrected chi connectivity index (χ4v) is 2.59. The molecule has 0 atom stereocenters. The van der Waals surface area contributed by atoms with Crippen LogP contribution in [0, 0.1) is 0 Å². The van der Waals surface area contributed by atoms with Crippen molar-refractivity contribution in [3.63, 3.8) is 0 Å². The van der Waals surface area contributed by atoms with Crippen molar-refractivity contribution in [1.29, 1.82) is 0 Å². The van der Waals surface area contributed by atoms with Crippen LogP contribution in [0.5, 0.6) is 0 Å². The van der Waals surface area contributed by atoms with Gasteiger partial charge in [0.2, 0.25) is 5.91 Å². The lowest BCUT2D eigenvalue weighted by molar-refractivity contribution is -0.116. The number of benzene rings is 1. The van der Waals surface area contributed by atoms with Crippen LogP contribution in [0.4, 0.5) is 5.69 Å². The Hall–Kier alpha value is -2.56. The molecule has 0 spiro atoms. The van der Waals surface area contributed by atoms with E-state index in [-0.39, 0.29) is 18.4 Å². The number of para-hydroxylation sites is 1. The lowest BCUT2D eigenvalue weighted by atomic mass is 10.1. The molecule has 3 rings (SSSR count). The number of aryl methyl sites for hydroxylation is 1. The van der Waals surface area contributed by atoms with Gasteiger partial charge in [0.15, 0.2) is 0 Å². The Kier molecular flexibility index (Phi) is 3.48. The summed E-state index contributed by atoms with van der Waals surface area (Å²) in [7, 11) is 0. The van der Waals surface area contributed by atoms with E-state index in [1.165, 1.54) is 0 Å². The maximum Gasteiger partial charge on any atom is 0.271 e. The summed E-state index contributed by atoms with van der Waals surface area (Å²) >= 11 is 0. The predicted octanol–water partition coefficient (Wildman–Crippen LogP) is 2.10. The zero-order valence-corrected chi connectivity index (χ0v) is 11.9. The Balaban J connectivity index is 1.92. The summed E-state index contributed by atoms with van der Waals surface area (Å²) in [6.45, 7) is 3.22. The van der Waals surface area contributed by atoms with Crippen LogP contribution in [0.1, 0.15) is 23.0 Å². The van der Waals surface area contributed by atoms with Crippen molar-refractivity contribution in [1.82, 2.24) is 9.47 Å². The third-order valence-corrected chi connectivity index (χ3v) is 3.66. The maximum absolute atomic E-state index is 12.7. The first kappa shape index (κ1) is 13.4. The highest BCUT2D eigenvalue weighted by Gasteiger charge is 2.25. The van der Waals surface area contributed by atoms with Crippen LogP contribution in [-0.2, 0) is 17.9 Å². The van der Waals surface area contributed by atoms with Gasteiger partial charge in [-0.15, -0.1) is 0 Å². The average Bonchev–Trinajstić information content (AvgIpc) is 2.89. The van der Waals surface area contributed by atoms with E-state index in [2.05, 4.69) is 5.32 Å². The summed E-state index contributed by atoms with van der Waals surface area (Å²) < 4.78 is 1.89. The Bertz CT molecular complexity index is 690. The molecule has 1 aliphatic heterocycles. The molecule has 108 valence electrons. The molecule has 0 fully saturated rings. The van der Waals surface area contributed by atoms with E-state index in [0.717, 1.165) is 17.8 Å². The molecular formula is C16H17N3O2. The number of aromatic nitrogens is 1. The Morgan fingerprint density at radius 2 is 2.00 bits per heavy atom. The standard InChI is InChI=1S/C16H17N3O2/c1-2-18-9-5-8-14(18)16(21)19-10-12-6-3-4-7-13(12)17-15(20)11-19/h3-9H,2,10-11H2,1H3,(H,17,20). The molecule has 2 aromatic rings. The van der Waals surface area contributed by atoms with E-state index >= 15 is 0 Å². The van der Waals surface area contributed by atoms with Crippen LogP contribution in [0.25, 0.3) is 0 Å². The van der Waals surface area contributed by atoms with Crippen molar-refractivity contribution in [3.05, 3.63) is 53.9 Å². The SMILES string of the molecule is CCn1cccc1C(=O)N1CC(=O)Nc2ccccc2C1. The summed E-state index contributed by atoms with van der Waals surface area (Å²) in [5.41, 5.74) is 2.35. The number of nitrogens with one attached hydrogen (secondary N) is 1. The minimum absolute atomic E-state index is 0.0718. The number of hydrogen-bond acceptors (Lipinski definition) is 2. The lowest BCUT2D eigenvalue weighted by Crippen LogP contribution is -2.36. The molecule has 0 saturated heterocycles. The number of anilines is 1. The number of rotatable bonds is 2. The topological polar surface area (TPSA) is 54.3 Å². The highest BCUT2D eigenvalue weighted by Crippen LogP contribution is 2.21. The summed E-state index contributed by atoms with van der Waals surface area (Å²) in [5.74, 6) is -0.281. The van der Waals surface area contributed by atoms with Crippen LogP contribution in [0.15, 0.2) is 42.6 Å². The van der Waals surface area contributed by atoms with E-state index in [1.54, 1.807) is 11.0 Å². The molecule has 0 bridgehead atoms. The number of amides is 2. The van der Waals surface area contributed by atoms with Gasteiger partial charge in [-0.3, -0.25) is 9.59 Å². The Labute approximate surface area is 123 Å². The van der Waals surface area contributed by atoms with Crippen molar-refractivity contribution in [2.24, 2.45) is 0 Å². The number of carbonyl (C=O) groups excluding carboxylic acids is 2. The van der Waals surface area contributed by atoms with Gasteiger partial charge in [-0.1, -0.05) is 18.2 Å². The molecule has 2 amide bonds. The van der Waals surface area contributed by atoms with Gasteiger partial charge in [-0.25, -0.2) is 0 Å². The van der Waals surface area contributed by atoms with Crippen molar-refractivity contribution in [3.8, 4) is 0 Å². The fourth-order valence-electron chi connectivity index (χ4n) is 2.59. The van der Waals surface area contributed by atoms with Gasteiger partial charge in [0.1, 0.15) is 12.2 Å². The molecule has 1 aliphatic rings. The monoisotopic (exact) mass is 283 g/mol. The van der Waals surface area contributed by atoms with Crippen LogP contribution >= 0.6 is 0 Å². The first-order valence-electron chi connectivity index (χ1n) is 7.01. The van der Waals surface area contributed by atoms with E-state index in [4.69, 9.17) is 0 Å². The van der Waals surface area contributed by atoms with Crippen molar-refractivity contribution in [2.75, 3.05) is 11.9 Å². The largest absolute Gasteiger partial charge is 0.344 e. The normalized spacial score (nSPS) is 14.3. The van der Waals surface area contributed by atoms with Crippen molar-refractivity contribution >= 4 is 17.5 Å². The third-order valence-electron chi connectivity index (χ3n) is 3.66. The zero-order chi connectivity index (χ0) is 14.8. The summed E-state index contributed by atoms with van der Waals surface area (Å²) in [6.07, 6.45) is 1.87. The van der Waals surface area contributed by atoms with E-state index in [0.29, 0.717) is 12.2 Å². The molecule has 0 radical (unpaired) electrons. The quantitative estimate of drug-likeness (QED) is 0.917. The van der Waals surface area contributed by atoms with E-state index in [1.807, 2.05) is 48.0 Å². The highest BCUT2D eigenvalue weighted by atomic mass is 16.2. The van der Waals surface area contributed by atoms with E-state index < -0.39 is 0 Å². The second-order valence-electron chi connectivity index (χ2n) is 5.05. The average molecular weight is 283 g/mol. The molecule has 5 nitrogen and oxygen atoms in total. The summed E-state index contributed by atoms with van der Waals surface area (Å²) in [4.78, 5) is 26.2. The molecular weight excluding hydrogens is 266 g/mol. The molecule has 1 N–H and O–H groups in total.